The van der Waals surface area contributed by atoms with Gasteiger partial charge in [0.15, 0.2) is 15.0 Å². The van der Waals surface area contributed by atoms with Crippen molar-refractivity contribution < 1.29 is 13.2 Å². The van der Waals surface area contributed by atoms with Crippen LogP contribution in [0, 0.1) is 0 Å². The Morgan fingerprint density at radius 3 is 2.44 bits per heavy atom. The summed E-state index contributed by atoms with van der Waals surface area (Å²) in [4.78, 5) is 19.2. The third-order valence-electron chi connectivity index (χ3n) is 3.91. The molecule has 25 heavy (non-hydrogen) atoms. The number of carbonyl (C=O) groups is 1. The second-order valence-corrected chi connectivity index (χ2v) is 8.67. The van der Waals surface area contributed by atoms with Gasteiger partial charge in [-0.2, -0.15) is 0 Å². The quantitative estimate of drug-likeness (QED) is 0.682. The summed E-state index contributed by atoms with van der Waals surface area (Å²) >= 11 is 1.42. The van der Waals surface area contributed by atoms with Crippen LogP contribution in [-0.4, -0.2) is 31.6 Å². The van der Waals surface area contributed by atoms with Crippen LogP contribution >= 0.6 is 11.3 Å². The highest BCUT2D eigenvalue weighted by atomic mass is 32.2. The summed E-state index contributed by atoms with van der Waals surface area (Å²) in [6.45, 7) is 3.82. The van der Waals surface area contributed by atoms with E-state index in [-0.39, 0.29) is 22.1 Å². The van der Waals surface area contributed by atoms with Crippen molar-refractivity contribution in [3.05, 3.63) is 54.1 Å². The van der Waals surface area contributed by atoms with Crippen molar-refractivity contribution in [1.29, 1.82) is 0 Å². The molecular weight excluding hydrogens is 356 g/mol. The Hall–Kier alpha value is -2.25. The first-order chi connectivity index (χ1) is 12.0. The van der Waals surface area contributed by atoms with Crippen LogP contribution in [0.2, 0.25) is 0 Å². The number of carbonyl (C=O) groups excluding carboxylic acids is 1. The van der Waals surface area contributed by atoms with Crippen LogP contribution < -0.4 is 4.90 Å². The number of hydrogen-bond donors (Lipinski definition) is 0. The van der Waals surface area contributed by atoms with Crippen LogP contribution in [0.5, 0.6) is 0 Å². The average Bonchev–Trinajstić information content (AvgIpc) is 3.05. The lowest BCUT2D eigenvalue weighted by atomic mass is 10.2. The van der Waals surface area contributed by atoms with E-state index >= 15 is 0 Å². The Bertz CT molecular complexity index is 992. The Morgan fingerprint density at radius 2 is 1.76 bits per heavy atom. The van der Waals surface area contributed by atoms with E-state index in [1.807, 2.05) is 31.2 Å². The molecule has 7 heteroatoms. The first kappa shape index (κ1) is 17.6. The fourth-order valence-corrected chi connectivity index (χ4v) is 4.67. The minimum Gasteiger partial charge on any atom is -0.284 e. The van der Waals surface area contributed by atoms with Gasteiger partial charge in [0.2, 0.25) is 0 Å². The highest BCUT2D eigenvalue weighted by Gasteiger charge is 2.26. The zero-order valence-electron chi connectivity index (χ0n) is 14.0. The molecule has 2 aromatic carbocycles. The second kappa shape index (κ2) is 6.93. The van der Waals surface area contributed by atoms with Crippen molar-refractivity contribution in [3.8, 4) is 0 Å². The standard InChI is InChI=1S/C18H18N2O3S2/c1-3-20(18-19-14-10-6-7-11-15(14)24-18)17(21)13-9-5-8-12-16(13)25(22,23)4-2/h5-12H,3-4H2,1-2H3. The van der Waals surface area contributed by atoms with Crippen molar-refractivity contribution in [2.75, 3.05) is 17.2 Å². The molecule has 0 fully saturated rings. The molecule has 0 aliphatic carbocycles. The number of amides is 1. The van der Waals surface area contributed by atoms with Gasteiger partial charge in [0.25, 0.3) is 5.91 Å². The van der Waals surface area contributed by atoms with Gasteiger partial charge in [0, 0.05) is 6.54 Å². The molecule has 0 aliphatic heterocycles. The van der Waals surface area contributed by atoms with E-state index in [1.54, 1.807) is 25.1 Å². The van der Waals surface area contributed by atoms with E-state index in [0.717, 1.165) is 10.2 Å². The molecule has 1 aromatic heterocycles. The first-order valence-electron chi connectivity index (χ1n) is 7.97. The summed E-state index contributed by atoms with van der Waals surface area (Å²) in [6.07, 6.45) is 0. The summed E-state index contributed by atoms with van der Waals surface area (Å²) in [7, 11) is -3.49. The Kier molecular flexibility index (Phi) is 4.87. The maximum atomic E-state index is 13.1. The van der Waals surface area contributed by atoms with Crippen molar-refractivity contribution in [3.63, 3.8) is 0 Å². The van der Waals surface area contributed by atoms with Crippen LogP contribution in [0.3, 0.4) is 0 Å². The Morgan fingerprint density at radius 1 is 1.08 bits per heavy atom. The zero-order chi connectivity index (χ0) is 18.0. The van der Waals surface area contributed by atoms with Crippen LogP contribution in [0.25, 0.3) is 10.2 Å². The molecule has 0 saturated heterocycles. The number of fused-ring (bicyclic) bond motifs is 1. The minimum atomic E-state index is -3.49. The molecule has 0 spiro atoms. The van der Waals surface area contributed by atoms with Crippen molar-refractivity contribution in [1.82, 2.24) is 4.98 Å². The van der Waals surface area contributed by atoms with Gasteiger partial charge in [-0.3, -0.25) is 9.69 Å². The Balaban J connectivity index is 2.07. The lowest BCUT2D eigenvalue weighted by Gasteiger charge is -2.19. The third kappa shape index (κ3) is 3.29. The number of para-hydroxylation sites is 1. The molecule has 1 amide bonds. The van der Waals surface area contributed by atoms with Gasteiger partial charge in [-0.25, -0.2) is 13.4 Å². The van der Waals surface area contributed by atoms with E-state index in [1.165, 1.54) is 22.3 Å². The maximum Gasteiger partial charge on any atom is 0.261 e. The number of sulfone groups is 1. The van der Waals surface area contributed by atoms with Gasteiger partial charge in [0.1, 0.15) is 0 Å². The normalized spacial score (nSPS) is 11.6. The largest absolute Gasteiger partial charge is 0.284 e. The molecule has 0 saturated carbocycles. The SMILES string of the molecule is CCN(C(=O)c1ccccc1S(=O)(=O)CC)c1nc2ccccc2s1. The molecule has 0 N–H and O–H groups in total. The molecule has 0 aliphatic rings. The van der Waals surface area contributed by atoms with Gasteiger partial charge < -0.3 is 0 Å². The maximum absolute atomic E-state index is 13.1. The van der Waals surface area contributed by atoms with Gasteiger partial charge in [-0.05, 0) is 31.2 Å². The third-order valence-corrected chi connectivity index (χ3v) is 6.75. The molecule has 0 bridgehead atoms. The van der Waals surface area contributed by atoms with Crippen LogP contribution in [0.4, 0.5) is 5.13 Å². The van der Waals surface area contributed by atoms with E-state index in [4.69, 9.17) is 0 Å². The van der Waals surface area contributed by atoms with Crippen LogP contribution in [0.15, 0.2) is 53.4 Å². The molecule has 130 valence electrons. The van der Waals surface area contributed by atoms with Crippen molar-refractivity contribution in [2.24, 2.45) is 0 Å². The van der Waals surface area contributed by atoms with E-state index in [9.17, 15) is 13.2 Å². The number of aromatic nitrogens is 1. The molecule has 0 unspecified atom stereocenters. The van der Waals surface area contributed by atoms with Gasteiger partial charge >= 0.3 is 0 Å². The van der Waals surface area contributed by atoms with E-state index in [0.29, 0.717) is 11.7 Å². The molecule has 0 atom stereocenters. The highest BCUT2D eigenvalue weighted by molar-refractivity contribution is 7.91. The zero-order valence-corrected chi connectivity index (χ0v) is 15.6. The summed E-state index contributed by atoms with van der Waals surface area (Å²) in [5.41, 5.74) is 1.01. The molecule has 3 rings (SSSR count). The van der Waals surface area contributed by atoms with E-state index in [2.05, 4.69) is 4.98 Å². The lowest BCUT2D eigenvalue weighted by molar-refractivity contribution is 0.0985. The number of nitrogens with zero attached hydrogens (tertiary/aromatic N) is 2. The van der Waals surface area contributed by atoms with Gasteiger partial charge in [-0.1, -0.05) is 42.5 Å². The number of rotatable bonds is 5. The summed E-state index contributed by atoms with van der Waals surface area (Å²) in [5, 5.41) is 0.567. The monoisotopic (exact) mass is 374 g/mol. The molecular formula is C18H18N2O3S2. The number of thiazole rings is 1. The Labute approximate surface area is 150 Å². The van der Waals surface area contributed by atoms with Crippen molar-refractivity contribution >= 4 is 42.4 Å². The highest BCUT2D eigenvalue weighted by Crippen LogP contribution is 2.30. The fraction of sp³-hybridized carbons (Fsp3) is 0.222. The van der Waals surface area contributed by atoms with Crippen molar-refractivity contribution in [2.45, 2.75) is 18.7 Å². The summed E-state index contributed by atoms with van der Waals surface area (Å²) < 4.78 is 25.6. The molecule has 0 radical (unpaired) electrons. The minimum absolute atomic E-state index is 0.0510. The van der Waals surface area contributed by atoms with Crippen LogP contribution in [0.1, 0.15) is 24.2 Å². The average molecular weight is 374 g/mol. The summed E-state index contributed by atoms with van der Waals surface area (Å²) in [6, 6.07) is 14.0. The molecule has 3 aromatic rings. The number of hydrogen-bond acceptors (Lipinski definition) is 5. The molecule has 5 nitrogen and oxygen atoms in total. The van der Waals surface area contributed by atoms with Gasteiger partial charge in [0.05, 0.1) is 26.4 Å². The number of benzene rings is 2. The predicted octanol–water partition coefficient (Wildman–Crippen LogP) is 3.76. The fourth-order valence-electron chi connectivity index (χ4n) is 2.56. The predicted molar refractivity (Wildman–Crippen MR) is 101 cm³/mol. The smallest absolute Gasteiger partial charge is 0.261 e. The van der Waals surface area contributed by atoms with E-state index < -0.39 is 9.84 Å². The topological polar surface area (TPSA) is 67.3 Å². The lowest BCUT2D eigenvalue weighted by Crippen LogP contribution is -2.31. The second-order valence-electron chi connectivity index (χ2n) is 5.41. The van der Waals surface area contributed by atoms with Gasteiger partial charge in [-0.15, -0.1) is 0 Å². The summed E-state index contributed by atoms with van der Waals surface area (Å²) in [5.74, 6) is -0.404. The number of anilines is 1. The van der Waals surface area contributed by atoms with Crippen LogP contribution in [-0.2, 0) is 9.84 Å². The first-order valence-corrected chi connectivity index (χ1v) is 10.4. The molecule has 1 heterocycles.